The first kappa shape index (κ1) is 10.9. The van der Waals surface area contributed by atoms with Crippen LogP contribution in [0.4, 0.5) is 0 Å². The van der Waals surface area contributed by atoms with E-state index in [1.54, 1.807) is 12.4 Å². The quantitative estimate of drug-likeness (QED) is 0.774. The molecule has 0 unspecified atom stereocenters. The van der Waals surface area contributed by atoms with Gasteiger partial charge in [0.15, 0.2) is 0 Å². The Morgan fingerprint density at radius 1 is 1.07 bits per heavy atom. The Hall–Kier alpha value is -0.640. The summed E-state index contributed by atoms with van der Waals surface area (Å²) in [6.07, 6.45) is 11.2. The minimum atomic E-state index is 0.314. The molecular weight excluding hydrogens is 256 g/mol. The first-order chi connectivity index (χ1) is 7.34. The van der Waals surface area contributed by atoms with Gasteiger partial charge >= 0.3 is 6.01 Å². The third kappa shape index (κ3) is 3.45. The highest BCUT2D eigenvalue weighted by Gasteiger charge is 2.14. The van der Waals surface area contributed by atoms with Gasteiger partial charge in [0.1, 0.15) is 6.10 Å². The molecular formula is C11H15BrN2O. The van der Waals surface area contributed by atoms with Crippen LogP contribution < -0.4 is 4.74 Å². The highest BCUT2D eigenvalue weighted by Crippen LogP contribution is 2.21. The maximum atomic E-state index is 5.75. The van der Waals surface area contributed by atoms with Crippen LogP contribution in [0, 0.1) is 0 Å². The normalized spacial score (nSPS) is 18.5. The second kappa shape index (κ2) is 5.45. The average molecular weight is 271 g/mol. The standard InChI is InChI=1S/C11H15BrN2O/c12-9-7-13-11(14-8-9)15-10-5-3-1-2-4-6-10/h7-8,10H,1-6H2. The second-order valence-electron chi connectivity index (χ2n) is 3.92. The lowest BCUT2D eigenvalue weighted by Gasteiger charge is -2.14. The van der Waals surface area contributed by atoms with E-state index in [9.17, 15) is 0 Å². The second-order valence-corrected chi connectivity index (χ2v) is 4.83. The lowest BCUT2D eigenvalue weighted by molar-refractivity contribution is 0.168. The van der Waals surface area contributed by atoms with Crippen LogP contribution >= 0.6 is 15.9 Å². The molecule has 1 aromatic rings. The Kier molecular flexibility index (Phi) is 3.94. The van der Waals surface area contributed by atoms with Crippen LogP contribution in [-0.2, 0) is 0 Å². The van der Waals surface area contributed by atoms with Crippen molar-refractivity contribution in [3.8, 4) is 6.01 Å². The fraction of sp³-hybridized carbons (Fsp3) is 0.636. The van der Waals surface area contributed by atoms with Gasteiger partial charge in [0, 0.05) is 12.4 Å². The van der Waals surface area contributed by atoms with Gasteiger partial charge < -0.3 is 4.74 Å². The zero-order valence-electron chi connectivity index (χ0n) is 8.66. The van der Waals surface area contributed by atoms with Crippen molar-refractivity contribution in [1.82, 2.24) is 9.97 Å². The van der Waals surface area contributed by atoms with Crippen molar-refractivity contribution >= 4 is 15.9 Å². The third-order valence-corrected chi connectivity index (χ3v) is 3.08. The Bertz CT molecular complexity index is 294. The molecule has 0 radical (unpaired) electrons. The molecule has 1 saturated carbocycles. The van der Waals surface area contributed by atoms with Gasteiger partial charge in [-0.3, -0.25) is 0 Å². The lowest BCUT2D eigenvalue weighted by Crippen LogP contribution is -2.16. The van der Waals surface area contributed by atoms with E-state index in [0.717, 1.165) is 17.3 Å². The van der Waals surface area contributed by atoms with E-state index in [4.69, 9.17) is 4.74 Å². The fourth-order valence-electron chi connectivity index (χ4n) is 1.87. The Labute approximate surface area is 98.4 Å². The van der Waals surface area contributed by atoms with Crippen LogP contribution in [0.25, 0.3) is 0 Å². The van der Waals surface area contributed by atoms with Crippen LogP contribution in [0.2, 0.25) is 0 Å². The summed E-state index contributed by atoms with van der Waals surface area (Å²) in [7, 11) is 0. The summed E-state index contributed by atoms with van der Waals surface area (Å²) in [6.45, 7) is 0. The van der Waals surface area contributed by atoms with Crippen LogP contribution in [0.5, 0.6) is 6.01 Å². The van der Waals surface area contributed by atoms with Crippen molar-refractivity contribution in [3.05, 3.63) is 16.9 Å². The lowest BCUT2D eigenvalue weighted by atomic mass is 10.2. The van der Waals surface area contributed by atoms with Crippen LogP contribution in [0.1, 0.15) is 38.5 Å². The number of hydrogen-bond donors (Lipinski definition) is 0. The molecule has 15 heavy (non-hydrogen) atoms. The zero-order valence-corrected chi connectivity index (χ0v) is 10.2. The molecule has 0 amide bonds. The molecule has 1 aliphatic rings. The van der Waals surface area contributed by atoms with Gasteiger partial charge in [-0.15, -0.1) is 0 Å². The number of hydrogen-bond acceptors (Lipinski definition) is 3. The van der Waals surface area contributed by atoms with Crippen molar-refractivity contribution in [2.45, 2.75) is 44.6 Å². The molecule has 1 heterocycles. The Morgan fingerprint density at radius 2 is 1.67 bits per heavy atom. The van der Waals surface area contributed by atoms with Gasteiger partial charge in [-0.05, 0) is 41.6 Å². The van der Waals surface area contributed by atoms with E-state index >= 15 is 0 Å². The molecule has 0 bridgehead atoms. The van der Waals surface area contributed by atoms with E-state index < -0.39 is 0 Å². The van der Waals surface area contributed by atoms with E-state index in [0.29, 0.717) is 12.1 Å². The molecule has 0 saturated heterocycles. The van der Waals surface area contributed by atoms with E-state index in [2.05, 4.69) is 25.9 Å². The number of halogens is 1. The zero-order chi connectivity index (χ0) is 10.5. The van der Waals surface area contributed by atoms with E-state index in [1.165, 1.54) is 25.7 Å². The summed E-state index contributed by atoms with van der Waals surface area (Å²) in [5.74, 6) is 0. The molecule has 0 atom stereocenters. The SMILES string of the molecule is Brc1cnc(OC2CCCCCC2)nc1. The molecule has 3 nitrogen and oxygen atoms in total. The van der Waals surface area contributed by atoms with E-state index in [-0.39, 0.29) is 0 Å². The molecule has 0 aromatic carbocycles. The highest BCUT2D eigenvalue weighted by molar-refractivity contribution is 9.10. The molecule has 1 fully saturated rings. The molecule has 0 aliphatic heterocycles. The summed E-state index contributed by atoms with van der Waals surface area (Å²) in [5.41, 5.74) is 0. The number of rotatable bonds is 2. The molecule has 1 aromatic heterocycles. The van der Waals surface area contributed by atoms with Gasteiger partial charge in [-0.25, -0.2) is 9.97 Å². The number of nitrogens with zero attached hydrogens (tertiary/aromatic N) is 2. The minimum absolute atomic E-state index is 0.314. The topological polar surface area (TPSA) is 35.0 Å². The molecule has 82 valence electrons. The van der Waals surface area contributed by atoms with Gasteiger partial charge in [0.05, 0.1) is 4.47 Å². The summed E-state index contributed by atoms with van der Waals surface area (Å²) in [4.78, 5) is 8.25. The fourth-order valence-corrected chi connectivity index (χ4v) is 2.07. The number of ether oxygens (including phenoxy) is 1. The molecule has 1 aliphatic carbocycles. The summed E-state index contributed by atoms with van der Waals surface area (Å²) in [6, 6.07) is 0.505. The van der Waals surface area contributed by atoms with Gasteiger partial charge in [0.2, 0.25) is 0 Å². The predicted octanol–water partition coefficient (Wildman–Crippen LogP) is 3.34. The van der Waals surface area contributed by atoms with Crippen molar-refractivity contribution in [2.24, 2.45) is 0 Å². The van der Waals surface area contributed by atoms with Crippen molar-refractivity contribution < 1.29 is 4.74 Å². The summed E-state index contributed by atoms with van der Waals surface area (Å²) >= 11 is 3.30. The minimum Gasteiger partial charge on any atom is -0.460 e. The van der Waals surface area contributed by atoms with Crippen molar-refractivity contribution in [1.29, 1.82) is 0 Å². The predicted molar refractivity (Wildman–Crippen MR) is 61.9 cm³/mol. The Morgan fingerprint density at radius 3 is 2.27 bits per heavy atom. The van der Waals surface area contributed by atoms with Gasteiger partial charge in [-0.1, -0.05) is 12.8 Å². The van der Waals surface area contributed by atoms with Gasteiger partial charge in [-0.2, -0.15) is 0 Å². The maximum absolute atomic E-state index is 5.75. The third-order valence-electron chi connectivity index (χ3n) is 2.67. The van der Waals surface area contributed by atoms with Crippen molar-refractivity contribution in [3.63, 3.8) is 0 Å². The smallest absolute Gasteiger partial charge is 0.316 e. The molecule has 4 heteroatoms. The van der Waals surface area contributed by atoms with Crippen LogP contribution in [-0.4, -0.2) is 16.1 Å². The molecule has 0 spiro atoms. The Balaban J connectivity index is 1.92. The largest absolute Gasteiger partial charge is 0.460 e. The highest BCUT2D eigenvalue weighted by atomic mass is 79.9. The summed E-state index contributed by atoms with van der Waals surface area (Å²) < 4.78 is 6.63. The van der Waals surface area contributed by atoms with Crippen LogP contribution in [0.3, 0.4) is 0 Å². The summed E-state index contributed by atoms with van der Waals surface area (Å²) in [5, 5.41) is 0. The number of aromatic nitrogens is 2. The average Bonchev–Trinajstić information content (AvgIpc) is 2.50. The van der Waals surface area contributed by atoms with Gasteiger partial charge in [0.25, 0.3) is 0 Å². The van der Waals surface area contributed by atoms with Crippen LogP contribution in [0.15, 0.2) is 16.9 Å². The molecule has 0 N–H and O–H groups in total. The van der Waals surface area contributed by atoms with Crippen molar-refractivity contribution in [2.75, 3.05) is 0 Å². The maximum Gasteiger partial charge on any atom is 0.316 e. The molecule has 2 rings (SSSR count). The first-order valence-corrected chi connectivity index (χ1v) is 6.28. The van der Waals surface area contributed by atoms with E-state index in [1.807, 2.05) is 0 Å². The monoisotopic (exact) mass is 270 g/mol. The first-order valence-electron chi connectivity index (χ1n) is 5.49.